The highest BCUT2D eigenvalue weighted by atomic mass is 127. The lowest BCUT2D eigenvalue weighted by Crippen LogP contribution is -2.52. The molecule has 0 aromatic heterocycles. The summed E-state index contributed by atoms with van der Waals surface area (Å²) in [5.41, 5.74) is 0.677. The normalized spacial score (nSPS) is 31.1. The van der Waals surface area contributed by atoms with E-state index in [1.165, 1.54) is 19.3 Å². The zero-order valence-corrected chi connectivity index (χ0v) is 9.13. The van der Waals surface area contributed by atoms with Gasteiger partial charge in [-0.3, -0.25) is 0 Å². The lowest BCUT2D eigenvalue weighted by Gasteiger charge is -2.53. The number of hydrogen-bond acceptors (Lipinski definition) is 1. The van der Waals surface area contributed by atoms with Crippen molar-refractivity contribution in [1.82, 2.24) is 0 Å². The zero-order chi connectivity index (χ0) is 7.90. The maximum absolute atomic E-state index is 5.23. The van der Waals surface area contributed by atoms with E-state index >= 15 is 0 Å². The molecule has 11 heavy (non-hydrogen) atoms. The topological polar surface area (TPSA) is 9.23 Å². The summed E-state index contributed by atoms with van der Waals surface area (Å²) in [6.07, 6.45) is 4.31. The molecule has 1 aliphatic carbocycles. The lowest BCUT2D eigenvalue weighted by atomic mass is 9.59. The molecule has 1 heterocycles. The Balaban J connectivity index is 1.71. The van der Waals surface area contributed by atoms with Crippen LogP contribution in [-0.4, -0.2) is 17.1 Å². The van der Waals surface area contributed by atoms with Gasteiger partial charge < -0.3 is 4.74 Å². The van der Waals surface area contributed by atoms with E-state index in [0.29, 0.717) is 5.41 Å². The minimum absolute atomic E-state index is 0.677. The third kappa shape index (κ3) is 1.57. The van der Waals surface area contributed by atoms with Crippen molar-refractivity contribution in [2.75, 3.05) is 13.2 Å². The number of rotatable bonds is 2. The van der Waals surface area contributed by atoms with Crippen LogP contribution in [0.1, 0.15) is 26.2 Å². The van der Waals surface area contributed by atoms with Gasteiger partial charge in [-0.15, -0.1) is 0 Å². The number of alkyl halides is 1. The SMILES string of the molecule is CC(I)CC1CC2(COC2)C1. The molecule has 0 amide bonds. The fourth-order valence-corrected chi connectivity index (χ4v) is 3.14. The van der Waals surface area contributed by atoms with Crippen LogP contribution in [0.25, 0.3) is 0 Å². The van der Waals surface area contributed by atoms with E-state index in [9.17, 15) is 0 Å². The van der Waals surface area contributed by atoms with Gasteiger partial charge in [-0.1, -0.05) is 29.5 Å². The minimum atomic E-state index is 0.677. The van der Waals surface area contributed by atoms with Crippen molar-refractivity contribution in [2.24, 2.45) is 11.3 Å². The van der Waals surface area contributed by atoms with Gasteiger partial charge in [0.2, 0.25) is 0 Å². The summed E-state index contributed by atoms with van der Waals surface area (Å²) in [5, 5.41) is 0. The van der Waals surface area contributed by atoms with Crippen LogP contribution in [0, 0.1) is 11.3 Å². The molecule has 2 fully saturated rings. The van der Waals surface area contributed by atoms with Gasteiger partial charge in [-0.25, -0.2) is 0 Å². The van der Waals surface area contributed by atoms with E-state index in [4.69, 9.17) is 4.74 Å². The number of ether oxygens (including phenoxy) is 1. The van der Waals surface area contributed by atoms with Gasteiger partial charge in [-0.2, -0.15) is 0 Å². The zero-order valence-electron chi connectivity index (χ0n) is 6.98. The Morgan fingerprint density at radius 3 is 2.55 bits per heavy atom. The molecule has 0 aromatic carbocycles. The van der Waals surface area contributed by atoms with Gasteiger partial charge in [0, 0.05) is 9.34 Å². The highest BCUT2D eigenvalue weighted by Gasteiger charge is 2.49. The van der Waals surface area contributed by atoms with E-state index in [1.807, 2.05) is 0 Å². The highest BCUT2D eigenvalue weighted by Crippen LogP contribution is 2.52. The van der Waals surface area contributed by atoms with Crippen molar-refractivity contribution >= 4 is 22.6 Å². The van der Waals surface area contributed by atoms with E-state index in [1.54, 1.807) is 0 Å². The van der Waals surface area contributed by atoms with Crippen molar-refractivity contribution in [1.29, 1.82) is 0 Å². The summed E-state index contributed by atoms with van der Waals surface area (Å²) in [7, 11) is 0. The van der Waals surface area contributed by atoms with Gasteiger partial charge in [0.25, 0.3) is 0 Å². The first-order valence-electron chi connectivity index (χ1n) is 4.42. The van der Waals surface area contributed by atoms with E-state index in [2.05, 4.69) is 29.5 Å². The lowest BCUT2D eigenvalue weighted by molar-refractivity contribution is -0.179. The molecular weight excluding hydrogens is 251 g/mol. The van der Waals surface area contributed by atoms with Crippen LogP contribution < -0.4 is 0 Å². The summed E-state index contributed by atoms with van der Waals surface area (Å²) in [4.78, 5) is 0. The van der Waals surface area contributed by atoms with Gasteiger partial charge in [0.15, 0.2) is 0 Å². The maximum atomic E-state index is 5.23. The highest BCUT2D eigenvalue weighted by molar-refractivity contribution is 14.1. The van der Waals surface area contributed by atoms with Crippen LogP contribution in [0.4, 0.5) is 0 Å². The number of halogens is 1. The van der Waals surface area contributed by atoms with Crippen LogP contribution in [0.5, 0.6) is 0 Å². The van der Waals surface area contributed by atoms with Gasteiger partial charge in [-0.05, 0) is 25.2 Å². The molecule has 1 unspecified atom stereocenters. The van der Waals surface area contributed by atoms with E-state index < -0.39 is 0 Å². The third-order valence-corrected chi connectivity index (χ3v) is 3.43. The molecule has 0 bridgehead atoms. The van der Waals surface area contributed by atoms with E-state index in [-0.39, 0.29) is 0 Å². The first kappa shape index (κ1) is 8.30. The second-order valence-electron chi connectivity index (χ2n) is 4.28. The van der Waals surface area contributed by atoms with Crippen molar-refractivity contribution in [3.05, 3.63) is 0 Å². The van der Waals surface area contributed by atoms with Crippen molar-refractivity contribution < 1.29 is 4.74 Å². The second kappa shape index (κ2) is 2.87. The van der Waals surface area contributed by atoms with Gasteiger partial charge in [0.05, 0.1) is 13.2 Å². The summed E-state index contributed by atoms with van der Waals surface area (Å²) in [6, 6.07) is 0. The molecule has 1 atom stereocenters. The molecule has 0 N–H and O–H groups in total. The monoisotopic (exact) mass is 266 g/mol. The summed E-state index contributed by atoms with van der Waals surface area (Å²) in [5.74, 6) is 1.02. The molecule has 1 nitrogen and oxygen atoms in total. The van der Waals surface area contributed by atoms with Crippen molar-refractivity contribution in [3.8, 4) is 0 Å². The Labute approximate surface area is 82.0 Å². The summed E-state index contributed by atoms with van der Waals surface area (Å²) in [6.45, 7) is 4.42. The molecular formula is C9H15IO. The Bertz CT molecular complexity index is 144. The summed E-state index contributed by atoms with van der Waals surface area (Å²) >= 11 is 2.53. The first-order chi connectivity index (χ1) is 5.20. The van der Waals surface area contributed by atoms with Crippen LogP contribution in [-0.2, 0) is 4.74 Å². The largest absolute Gasteiger partial charge is 0.380 e. The molecule has 1 spiro atoms. The molecule has 64 valence electrons. The molecule has 2 rings (SSSR count). The maximum Gasteiger partial charge on any atom is 0.0545 e. The summed E-state index contributed by atoms with van der Waals surface area (Å²) < 4.78 is 6.09. The van der Waals surface area contributed by atoms with Crippen molar-refractivity contribution in [3.63, 3.8) is 0 Å². The van der Waals surface area contributed by atoms with Crippen molar-refractivity contribution in [2.45, 2.75) is 30.1 Å². The molecule has 1 saturated carbocycles. The Hall–Kier alpha value is 0.690. The minimum Gasteiger partial charge on any atom is -0.380 e. The average molecular weight is 266 g/mol. The molecule has 0 radical (unpaired) electrons. The molecule has 0 aromatic rings. The van der Waals surface area contributed by atoms with Gasteiger partial charge >= 0.3 is 0 Å². The Kier molecular flexibility index (Phi) is 2.17. The quantitative estimate of drug-likeness (QED) is 0.551. The predicted molar refractivity (Wildman–Crippen MR) is 54.1 cm³/mol. The molecule has 2 heteroatoms. The molecule has 2 aliphatic rings. The average Bonchev–Trinajstić information content (AvgIpc) is 1.71. The smallest absolute Gasteiger partial charge is 0.0545 e. The van der Waals surface area contributed by atoms with Crippen LogP contribution in [0.3, 0.4) is 0 Å². The molecule has 1 aliphatic heterocycles. The third-order valence-electron chi connectivity index (χ3n) is 2.92. The van der Waals surface area contributed by atoms with E-state index in [0.717, 1.165) is 23.1 Å². The van der Waals surface area contributed by atoms with Gasteiger partial charge in [0.1, 0.15) is 0 Å². The fraction of sp³-hybridized carbons (Fsp3) is 1.00. The Morgan fingerprint density at radius 2 is 2.18 bits per heavy atom. The Morgan fingerprint density at radius 1 is 1.55 bits per heavy atom. The van der Waals surface area contributed by atoms with Crippen LogP contribution in [0.15, 0.2) is 0 Å². The molecule has 1 saturated heterocycles. The standard InChI is InChI=1S/C9H15IO/c1-7(10)2-8-3-9(4-8)5-11-6-9/h7-8H,2-6H2,1H3. The first-order valence-corrected chi connectivity index (χ1v) is 5.67. The fourth-order valence-electron chi connectivity index (χ4n) is 2.42. The second-order valence-corrected chi connectivity index (χ2v) is 6.41. The predicted octanol–water partition coefficient (Wildman–Crippen LogP) is 2.63. The van der Waals surface area contributed by atoms with Crippen LogP contribution in [0.2, 0.25) is 0 Å². The number of hydrogen-bond donors (Lipinski definition) is 0. The van der Waals surface area contributed by atoms with Crippen LogP contribution >= 0.6 is 22.6 Å².